The lowest BCUT2D eigenvalue weighted by molar-refractivity contribution is -0.136. The third-order valence-corrected chi connectivity index (χ3v) is 4.63. The lowest BCUT2D eigenvalue weighted by Crippen LogP contribution is -2.43. The Hall–Kier alpha value is -3.03. The molecule has 148 valence electrons. The number of amides is 2. The Morgan fingerprint density at radius 1 is 1.21 bits per heavy atom. The van der Waals surface area contributed by atoms with E-state index in [0.717, 1.165) is 17.7 Å². The predicted octanol–water partition coefficient (Wildman–Crippen LogP) is 2.92. The summed E-state index contributed by atoms with van der Waals surface area (Å²) in [6, 6.07) is 6.55. The molecule has 0 spiro atoms. The maximum absolute atomic E-state index is 13.5. The van der Waals surface area contributed by atoms with Crippen molar-refractivity contribution in [2.24, 2.45) is 5.92 Å². The highest BCUT2D eigenvalue weighted by atomic mass is 19.1. The number of ether oxygens (including phenoxy) is 1. The van der Waals surface area contributed by atoms with Crippen LogP contribution in [0, 0.1) is 24.5 Å². The Balaban J connectivity index is 1.46. The molecule has 0 aliphatic carbocycles. The molecular weight excluding hydrogens is 368 g/mol. The molecule has 28 heavy (non-hydrogen) atoms. The fourth-order valence-electron chi connectivity index (χ4n) is 3.05. The molecule has 2 aromatic rings. The van der Waals surface area contributed by atoms with E-state index in [4.69, 9.17) is 4.74 Å². The van der Waals surface area contributed by atoms with Crippen LogP contribution in [0.15, 0.2) is 36.5 Å². The molecule has 1 fully saturated rings. The zero-order valence-corrected chi connectivity index (χ0v) is 15.5. The smallest absolute Gasteiger partial charge is 0.260 e. The van der Waals surface area contributed by atoms with Crippen molar-refractivity contribution in [1.29, 1.82) is 0 Å². The van der Waals surface area contributed by atoms with E-state index in [-0.39, 0.29) is 30.1 Å². The van der Waals surface area contributed by atoms with Gasteiger partial charge in [0, 0.05) is 31.3 Å². The molecule has 0 unspecified atom stereocenters. The molecule has 2 heterocycles. The molecule has 3 rings (SSSR count). The summed E-state index contributed by atoms with van der Waals surface area (Å²) in [4.78, 5) is 30.3. The van der Waals surface area contributed by atoms with Crippen molar-refractivity contribution >= 4 is 17.6 Å². The average molecular weight is 389 g/mol. The monoisotopic (exact) mass is 389 g/mol. The van der Waals surface area contributed by atoms with Gasteiger partial charge in [0.05, 0.1) is 0 Å². The van der Waals surface area contributed by atoms with Crippen LogP contribution in [-0.4, -0.2) is 41.4 Å². The van der Waals surface area contributed by atoms with Crippen molar-refractivity contribution in [2.75, 3.05) is 25.0 Å². The molecule has 8 heteroatoms. The van der Waals surface area contributed by atoms with Gasteiger partial charge >= 0.3 is 0 Å². The van der Waals surface area contributed by atoms with Crippen LogP contribution >= 0.6 is 0 Å². The highest BCUT2D eigenvalue weighted by Gasteiger charge is 2.27. The Labute approximate surface area is 161 Å². The minimum atomic E-state index is -0.854. The molecule has 1 aromatic heterocycles. The van der Waals surface area contributed by atoms with Crippen LogP contribution in [0.3, 0.4) is 0 Å². The van der Waals surface area contributed by atoms with Crippen molar-refractivity contribution in [3.05, 3.63) is 53.7 Å². The van der Waals surface area contributed by atoms with Crippen molar-refractivity contribution in [1.82, 2.24) is 9.88 Å². The van der Waals surface area contributed by atoms with Crippen molar-refractivity contribution in [3.63, 3.8) is 0 Å². The first kappa shape index (κ1) is 19.7. The normalized spacial score (nSPS) is 14.6. The lowest BCUT2D eigenvalue weighted by atomic mass is 9.96. The summed E-state index contributed by atoms with van der Waals surface area (Å²) in [5.74, 6) is -1.85. The van der Waals surface area contributed by atoms with Gasteiger partial charge in [-0.15, -0.1) is 0 Å². The van der Waals surface area contributed by atoms with Crippen LogP contribution in [0.1, 0.15) is 18.4 Å². The van der Waals surface area contributed by atoms with E-state index in [1.165, 1.54) is 0 Å². The highest BCUT2D eigenvalue weighted by molar-refractivity contribution is 5.92. The van der Waals surface area contributed by atoms with E-state index in [9.17, 15) is 18.4 Å². The van der Waals surface area contributed by atoms with Gasteiger partial charge in [0.15, 0.2) is 18.2 Å². The number of nitrogens with zero attached hydrogens (tertiary/aromatic N) is 2. The number of carbonyl (C=O) groups excluding carboxylic acids is 2. The minimum Gasteiger partial charge on any atom is -0.481 e. The molecular formula is C20H21F2N3O3. The number of halogens is 2. The quantitative estimate of drug-likeness (QED) is 0.854. The molecule has 1 aromatic carbocycles. The van der Waals surface area contributed by atoms with E-state index in [1.807, 2.05) is 13.0 Å². The van der Waals surface area contributed by atoms with Gasteiger partial charge in [0.1, 0.15) is 11.6 Å². The number of piperidine rings is 1. The number of aryl methyl sites for hydroxylation is 1. The zero-order valence-electron chi connectivity index (χ0n) is 15.5. The van der Waals surface area contributed by atoms with Crippen LogP contribution in [0.25, 0.3) is 0 Å². The van der Waals surface area contributed by atoms with Crippen LogP contribution in [-0.2, 0) is 9.59 Å². The summed E-state index contributed by atoms with van der Waals surface area (Å²) >= 11 is 0. The maximum Gasteiger partial charge on any atom is 0.260 e. The van der Waals surface area contributed by atoms with Crippen molar-refractivity contribution in [3.8, 4) is 5.75 Å². The first-order valence-electron chi connectivity index (χ1n) is 9.01. The Kier molecular flexibility index (Phi) is 6.18. The fourth-order valence-corrected chi connectivity index (χ4v) is 3.05. The second kappa shape index (κ2) is 8.77. The summed E-state index contributed by atoms with van der Waals surface area (Å²) in [5.41, 5.74) is 1.00. The summed E-state index contributed by atoms with van der Waals surface area (Å²) in [5, 5.41) is 2.80. The minimum absolute atomic E-state index is 0.116. The van der Waals surface area contributed by atoms with Crippen molar-refractivity contribution in [2.45, 2.75) is 19.8 Å². The van der Waals surface area contributed by atoms with Crippen LogP contribution < -0.4 is 10.1 Å². The SMILES string of the molecule is Cc1ccnc(NC(=O)C2CCN(C(=O)COc3ccc(F)cc3F)CC2)c1. The molecule has 1 saturated heterocycles. The van der Waals surface area contributed by atoms with Crippen LogP contribution in [0.2, 0.25) is 0 Å². The summed E-state index contributed by atoms with van der Waals surface area (Å²) < 4.78 is 31.6. The third-order valence-electron chi connectivity index (χ3n) is 4.63. The van der Waals surface area contributed by atoms with E-state index in [2.05, 4.69) is 10.3 Å². The fraction of sp³-hybridized carbons (Fsp3) is 0.350. The van der Waals surface area contributed by atoms with Crippen LogP contribution in [0.5, 0.6) is 5.75 Å². The number of anilines is 1. The van der Waals surface area contributed by atoms with Gasteiger partial charge in [0.2, 0.25) is 5.91 Å². The van der Waals surface area contributed by atoms with E-state index < -0.39 is 11.6 Å². The molecule has 1 aliphatic heterocycles. The van der Waals surface area contributed by atoms with Gasteiger partial charge in [-0.05, 0) is 49.6 Å². The summed E-state index contributed by atoms with van der Waals surface area (Å²) in [6.45, 7) is 2.40. The molecule has 0 radical (unpaired) electrons. The number of likely N-dealkylation sites (tertiary alicyclic amines) is 1. The van der Waals surface area contributed by atoms with Gasteiger partial charge in [-0.25, -0.2) is 13.8 Å². The third kappa shape index (κ3) is 5.03. The first-order chi connectivity index (χ1) is 13.4. The Morgan fingerprint density at radius 2 is 1.96 bits per heavy atom. The molecule has 6 nitrogen and oxygen atoms in total. The number of rotatable bonds is 5. The molecule has 2 amide bonds. The van der Waals surface area contributed by atoms with Gasteiger partial charge in [-0.3, -0.25) is 9.59 Å². The topological polar surface area (TPSA) is 71.5 Å². The van der Waals surface area contributed by atoms with E-state index in [1.54, 1.807) is 17.2 Å². The van der Waals surface area contributed by atoms with Crippen molar-refractivity contribution < 1.29 is 23.1 Å². The second-order valence-corrected chi connectivity index (χ2v) is 6.73. The molecule has 0 bridgehead atoms. The van der Waals surface area contributed by atoms with Crippen LogP contribution in [0.4, 0.5) is 14.6 Å². The average Bonchev–Trinajstić information content (AvgIpc) is 2.67. The van der Waals surface area contributed by atoms with Gasteiger partial charge in [-0.2, -0.15) is 0 Å². The number of hydrogen-bond acceptors (Lipinski definition) is 4. The summed E-state index contributed by atoms with van der Waals surface area (Å²) in [7, 11) is 0. The largest absolute Gasteiger partial charge is 0.481 e. The zero-order chi connectivity index (χ0) is 20.1. The first-order valence-corrected chi connectivity index (χ1v) is 9.01. The maximum atomic E-state index is 13.5. The van der Waals surface area contributed by atoms with E-state index in [0.29, 0.717) is 37.8 Å². The number of carbonyl (C=O) groups is 2. The number of nitrogens with one attached hydrogen (secondary N) is 1. The Bertz CT molecular complexity index is 868. The van der Waals surface area contributed by atoms with Gasteiger partial charge in [-0.1, -0.05) is 0 Å². The molecule has 1 aliphatic rings. The summed E-state index contributed by atoms with van der Waals surface area (Å²) in [6.07, 6.45) is 2.68. The lowest BCUT2D eigenvalue weighted by Gasteiger charge is -2.31. The molecule has 0 atom stereocenters. The number of pyridine rings is 1. The van der Waals surface area contributed by atoms with Gasteiger partial charge in [0.25, 0.3) is 5.91 Å². The van der Waals surface area contributed by atoms with E-state index >= 15 is 0 Å². The molecule has 1 N–H and O–H groups in total. The Morgan fingerprint density at radius 3 is 2.64 bits per heavy atom. The highest BCUT2D eigenvalue weighted by Crippen LogP contribution is 2.21. The number of benzene rings is 1. The second-order valence-electron chi connectivity index (χ2n) is 6.73. The molecule has 0 saturated carbocycles. The number of hydrogen-bond donors (Lipinski definition) is 1. The standard InChI is InChI=1S/C20H21F2N3O3/c1-13-4-7-23-18(10-13)24-20(27)14-5-8-25(9-6-14)19(26)12-28-17-3-2-15(21)11-16(17)22/h2-4,7,10-11,14H,5-6,8-9,12H2,1H3,(H,23,24,27). The predicted molar refractivity (Wildman–Crippen MR) is 98.8 cm³/mol. The van der Waals surface area contributed by atoms with Gasteiger partial charge < -0.3 is 15.0 Å². The number of aromatic nitrogens is 1.